The molecule has 1 aliphatic rings. The zero-order chi connectivity index (χ0) is 15.5. The predicted octanol–water partition coefficient (Wildman–Crippen LogP) is 4.55. The largest absolute Gasteiger partial charge is 0.370 e. The second-order valence-corrected chi connectivity index (χ2v) is 6.36. The average Bonchev–Trinajstić information content (AvgIpc) is 2.55. The van der Waals surface area contributed by atoms with Crippen LogP contribution < -0.4 is 4.90 Å². The molecule has 1 fully saturated rings. The summed E-state index contributed by atoms with van der Waals surface area (Å²) in [5.74, 6) is 0. The molecular formula is C17H14BrClN2O. The SMILES string of the molecule is N#Cc1ccc(N2CCOC(c3ccccc3Br)C2)cc1Cl. The van der Waals surface area contributed by atoms with E-state index in [-0.39, 0.29) is 6.10 Å². The number of rotatable bonds is 2. The maximum atomic E-state index is 8.97. The van der Waals surface area contributed by atoms with Crippen LogP contribution in [0, 0.1) is 11.3 Å². The summed E-state index contributed by atoms with van der Waals surface area (Å²) in [7, 11) is 0. The number of morpholine rings is 1. The summed E-state index contributed by atoms with van der Waals surface area (Å²) in [4.78, 5) is 2.24. The van der Waals surface area contributed by atoms with Crippen molar-refractivity contribution in [3.05, 3.63) is 63.1 Å². The highest BCUT2D eigenvalue weighted by Crippen LogP contribution is 2.31. The molecule has 0 saturated carbocycles. The Morgan fingerprint density at radius 2 is 2.09 bits per heavy atom. The van der Waals surface area contributed by atoms with Gasteiger partial charge in [-0.05, 0) is 29.8 Å². The van der Waals surface area contributed by atoms with E-state index in [0.29, 0.717) is 17.2 Å². The molecule has 0 radical (unpaired) electrons. The molecule has 3 nitrogen and oxygen atoms in total. The molecule has 0 bridgehead atoms. The summed E-state index contributed by atoms with van der Waals surface area (Å²) >= 11 is 9.72. The van der Waals surface area contributed by atoms with Crippen molar-refractivity contribution in [2.45, 2.75) is 6.10 Å². The first-order valence-electron chi connectivity index (χ1n) is 6.99. The lowest BCUT2D eigenvalue weighted by molar-refractivity contribution is 0.0393. The van der Waals surface area contributed by atoms with Crippen molar-refractivity contribution < 1.29 is 4.74 Å². The van der Waals surface area contributed by atoms with Crippen molar-refractivity contribution in [2.24, 2.45) is 0 Å². The molecular weight excluding hydrogens is 364 g/mol. The van der Waals surface area contributed by atoms with Gasteiger partial charge in [0.2, 0.25) is 0 Å². The van der Waals surface area contributed by atoms with Crippen LogP contribution in [-0.2, 0) is 4.74 Å². The van der Waals surface area contributed by atoms with Crippen LogP contribution in [0.25, 0.3) is 0 Å². The molecule has 0 N–H and O–H groups in total. The predicted molar refractivity (Wildman–Crippen MR) is 91.2 cm³/mol. The number of hydrogen-bond donors (Lipinski definition) is 0. The molecule has 3 rings (SSSR count). The summed E-state index contributed by atoms with van der Waals surface area (Å²) in [5.41, 5.74) is 2.66. The van der Waals surface area contributed by atoms with Gasteiger partial charge in [0.15, 0.2) is 0 Å². The van der Waals surface area contributed by atoms with Crippen LogP contribution in [0.15, 0.2) is 46.9 Å². The Kier molecular flexibility index (Phi) is 4.68. The Bertz CT molecular complexity index is 729. The van der Waals surface area contributed by atoms with Crippen molar-refractivity contribution in [1.82, 2.24) is 0 Å². The lowest BCUT2D eigenvalue weighted by atomic mass is 10.1. The number of anilines is 1. The first kappa shape index (κ1) is 15.4. The normalized spacial score (nSPS) is 18.0. The lowest BCUT2D eigenvalue weighted by Gasteiger charge is -2.35. The Balaban J connectivity index is 1.83. The van der Waals surface area contributed by atoms with E-state index in [9.17, 15) is 0 Å². The van der Waals surface area contributed by atoms with E-state index in [0.717, 1.165) is 28.8 Å². The smallest absolute Gasteiger partial charge is 0.101 e. The zero-order valence-corrected chi connectivity index (χ0v) is 14.1. The molecule has 22 heavy (non-hydrogen) atoms. The maximum Gasteiger partial charge on any atom is 0.101 e. The van der Waals surface area contributed by atoms with Gasteiger partial charge < -0.3 is 9.64 Å². The van der Waals surface area contributed by atoms with Gasteiger partial charge in [0.1, 0.15) is 12.2 Å². The van der Waals surface area contributed by atoms with Crippen LogP contribution in [0.5, 0.6) is 0 Å². The monoisotopic (exact) mass is 376 g/mol. The molecule has 0 spiro atoms. The van der Waals surface area contributed by atoms with E-state index in [4.69, 9.17) is 21.6 Å². The fraction of sp³-hybridized carbons (Fsp3) is 0.235. The molecule has 2 aromatic rings. The lowest BCUT2D eigenvalue weighted by Crippen LogP contribution is -2.38. The standard InChI is InChI=1S/C17H14BrClN2O/c18-15-4-2-1-3-14(15)17-11-21(7-8-22-17)13-6-5-12(10-20)16(19)9-13/h1-6,9,17H,7-8,11H2. The number of ether oxygens (including phenoxy) is 1. The van der Waals surface area contributed by atoms with Crippen molar-refractivity contribution >= 4 is 33.2 Å². The molecule has 0 amide bonds. The van der Waals surface area contributed by atoms with Gasteiger partial charge in [0.25, 0.3) is 0 Å². The second-order valence-electron chi connectivity index (χ2n) is 5.10. The minimum absolute atomic E-state index is 0.0127. The number of benzene rings is 2. The summed E-state index contributed by atoms with van der Waals surface area (Å²) in [6.45, 7) is 2.22. The minimum Gasteiger partial charge on any atom is -0.370 e. The van der Waals surface area contributed by atoms with Crippen LogP contribution >= 0.6 is 27.5 Å². The highest BCUT2D eigenvalue weighted by molar-refractivity contribution is 9.10. The third kappa shape index (κ3) is 3.12. The number of halogens is 2. The highest BCUT2D eigenvalue weighted by Gasteiger charge is 2.24. The van der Waals surface area contributed by atoms with Gasteiger partial charge in [-0.25, -0.2) is 0 Å². The quantitative estimate of drug-likeness (QED) is 0.770. The Labute approximate surface area is 143 Å². The van der Waals surface area contributed by atoms with Crippen molar-refractivity contribution in [2.75, 3.05) is 24.6 Å². The first-order chi connectivity index (χ1) is 10.7. The molecule has 5 heteroatoms. The van der Waals surface area contributed by atoms with Gasteiger partial charge in [-0.2, -0.15) is 5.26 Å². The highest BCUT2D eigenvalue weighted by atomic mass is 79.9. The molecule has 1 aliphatic heterocycles. The Hall–Kier alpha value is -1.54. The van der Waals surface area contributed by atoms with E-state index < -0.39 is 0 Å². The second kappa shape index (κ2) is 6.70. The van der Waals surface area contributed by atoms with Gasteiger partial charge in [-0.1, -0.05) is 45.7 Å². The van der Waals surface area contributed by atoms with E-state index in [1.54, 1.807) is 6.07 Å². The van der Waals surface area contributed by atoms with Gasteiger partial charge in [-0.15, -0.1) is 0 Å². The molecule has 1 heterocycles. The van der Waals surface area contributed by atoms with Crippen LogP contribution in [0.2, 0.25) is 5.02 Å². The number of hydrogen-bond acceptors (Lipinski definition) is 3. The van der Waals surface area contributed by atoms with Crippen LogP contribution in [-0.4, -0.2) is 19.7 Å². The van der Waals surface area contributed by atoms with E-state index in [1.807, 2.05) is 30.3 Å². The van der Waals surface area contributed by atoms with Crippen molar-refractivity contribution in [3.63, 3.8) is 0 Å². The van der Waals surface area contributed by atoms with Crippen LogP contribution in [0.3, 0.4) is 0 Å². The molecule has 1 atom stereocenters. The fourth-order valence-electron chi connectivity index (χ4n) is 2.60. The van der Waals surface area contributed by atoms with E-state index >= 15 is 0 Å². The zero-order valence-electron chi connectivity index (χ0n) is 11.8. The van der Waals surface area contributed by atoms with Crippen LogP contribution in [0.4, 0.5) is 5.69 Å². The molecule has 1 saturated heterocycles. The topological polar surface area (TPSA) is 36.3 Å². The van der Waals surface area contributed by atoms with E-state index in [2.05, 4.69) is 33.0 Å². The molecule has 0 aliphatic carbocycles. The Morgan fingerprint density at radius 1 is 1.27 bits per heavy atom. The summed E-state index contributed by atoms with van der Waals surface area (Å²) in [6, 6.07) is 15.7. The van der Waals surface area contributed by atoms with Crippen molar-refractivity contribution in [3.8, 4) is 6.07 Å². The molecule has 1 unspecified atom stereocenters. The third-order valence-corrected chi connectivity index (χ3v) is 4.79. The molecule has 0 aromatic heterocycles. The van der Waals surface area contributed by atoms with Crippen LogP contribution in [0.1, 0.15) is 17.2 Å². The molecule has 2 aromatic carbocycles. The van der Waals surface area contributed by atoms with Gasteiger partial charge in [0.05, 0.1) is 17.2 Å². The fourth-order valence-corrected chi connectivity index (χ4v) is 3.36. The third-order valence-electron chi connectivity index (χ3n) is 3.76. The van der Waals surface area contributed by atoms with Crippen molar-refractivity contribution in [1.29, 1.82) is 5.26 Å². The first-order valence-corrected chi connectivity index (χ1v) is 8.17. The number of nitrogens with zero attached hydrogens (tertiary/aromatic N) is 2. The van der Waals surface area contributed by atoms with E-state index in [1.165, 1.54) is 0 Å². The molecule has 112 valence electrons. The summed E-state index contributed by atoms with van der Waals surface area (Å²) in [5, 5.41) is 9.46. The van der Waals surface area contributed by atoms with Gasteiger partial charge in [0, 0.05) is 23.2 Å². The summed E-state index contributed by atoms with van der Waals surface area (Å²) in [6.07, 6.45) is 0.0127. The average molecular weight is 378 g/mol. The summed E-state index contributed by atoms with van der Waals surface area (Å²) < 4.78 is 6.97. The minimum atomic E-state index is 0.0127. The van der Waals surface area contributed by atoms with Gasteiger partial charge in [-0.3, -0.25) is 0 Å². The van der Waals surface area contributed by atoms with Gasteiger partial charge >= 0.3 is 0 Å². The number of nitriles is 1. The Morgan fingerprint density at radius 3 is 2.82 bits per heavy atom. The maximum absolute atomic E-state index is 8.97.